The summed E-state index contributed by atoms with van der Waals surface area (Å²) in [5.41, 5.74) is 3.82. The van der Waals surface area contributed by atoms with Gasteiger partial charge in [0, 0.05) is 42.8 Å². The number of carbonyl (C=O) groups is 1. The molecule has 4 aromatic rings. The predicted octanol–water partition coefficient (Wildman–Crippen LogP) is 3.55. The van der Waals surface area contributed by atoms with Gasteiger partial charge in [-0.05, 0) is 49.1 Å². The molecule has 34 heavy (non-hydrogen) atoms. The molecule has 5 heterocycles. The molecule has 9 nitrogen and oxygen atoms in total. The zero-order chi connectivity index (χ0) is 23.1. The zero-order valence-electron chi connectivity index (χ0n) is 19.1. The van der Waals surface area contributed by atoms with E-state index in [0.717, 1.165) is 59.6 Å². The van der Waals surface area contributed by atoms with Gasteiger partial charge in [-0.2, -0.15) is 14.9 Å². The third-order valence-electron chi connectivity index (χ3n) is 6.71. The van der Waals surface area contributed by atoms with Crippen molar-refractivity contribution in [3.05, 3.63) is 48.8 Å². The van der Waals surface area contributed by atoms with Crippen molar-refractivity contribution >= 4 is 28.4 Å². The molecule has 2 saturated heterocycles. The molecule has 1 N–H and O–H groups in total. The van der Waals surface area contributed by atoms with Gasteiger partial charge in [0.25, 0.3) is 0 Å². The minimum atomic E-state index is 0.203. The Hall–Kier alpha value is -3.72. The maximum atomic E-state index is 12.4. The molecule has 0 aliphatic carbocycles. The van der Waals surface area contributed by atoms with E-state index in [1.165, 1.54) is 0 Å². The standard InChI is InChI=1S/C25H27N7O2/c1-17-16-34-13-12-30(17)23-14-20(21-15-27-32(25(21)28-23)22-9-10-26-29-22)18-5-7-19(8-6-18)31-11-3-2-4-24(31)33/h5-10,14-15,17H,2-4,11-13,16H2,1H3,(H,26,29). The summed E-state index contributed by atoms with van der Waals surface area (Å²) in [7, 11) is 0. The average molecular weight is 458 g/mol. The van der Waals surface area contributed by atoms with Crippen molar-refractivity contribution in [3.63, 3.8) is 0 Å². The van der Waals surface area contributed by atoms with Gasteiger partial charge in [-0.3, -0.25) is 9.89 Å². The Kier molecular flexibility index (Phi) is 5.26. The normalized spacial score (nSPS) is 19.2. The number of pyridine rings is 1. The topological polar surface area (TPSA) is 92.2 Å². The molecule has 2 aliphatic rings. The van der Waals surface area contributed by atoms with E-state index in [9.17, 15) is 4.79 Å². The first-order valence-corrected chi connectivity index (χ1v) is 11.8. The summed E-state index contributed by atoms with van der Waals surface area (Å²) < 4.78 is 7.42. The van der Waals surface area contributed by atoms with Crippen LogP contribution in [0.25, 0.3) is 28.0 Å². The first-order valence-electron chi connectivity index (χ1n) is 11.8. The van der Waals surface area contributed by atoms with Gasteiger partial charge >= 0.3 is 0 Å². The molecular formula is C25H27N7O2. The highest BCUT2D eigenvalue weighted by Gasteiger charge is 2.24. The lowest BCUT2D eigenvalue weighted by Crippen LogP contribution is -2.44. The lowest BCUT2D eigenvalue weighted by Gasteiger charge is -2.34. The Morgan fingerprint density at radius 2 is 1.97 bits per heavy atom. The smallest absolute Gasteiger partial charge is 0.226 e. The second kappa shape index (κ2) is 8.57. The minimum Gasteiger partial charge on any atom is -0.377 e. The number of rotatable bonds is 4. The predicted molar refractivity (Wildman–Crippen MR) is 130 cm³/mol. The quantitative estimate of drug-likeness (QED) is 0.504. The van der Waals surface area contributed by atoms with Crippen LogP contribution in [0.5, 0.6) is 0 Å². The van der Waals surface area contributed by atoms with Crippen LogP contribution >= 0.6 is 0 Å². The molecule has 6 rings (SSSR count). The number of aromatic nitrogens is 5. The number of ether oxygens (including phenoxy) is 1. The molecule has 0 saturated carbocycles. The number of hydrogen-bond acceptors (Lipinski definition) is 6. The van der Waals surface area contributed by atoms with Crippen LogP contribution in [0.2, 0.25) is 0 Å². The highest BCUT2D eigenvalue weighted by atomic mass is 16.5. The van der Waals surface area contributed by atoms with Crippen molar-refractivity contribution in [1.82, 2.24) is 25.0 Å². The molecule has 1 atom stereocenters. The summed E-state index contributed by atoms with van der Waals surface area (Å²) >= 11 is 0. The molecule has 1 amide bonds. The van der Waals surface area contributed by atoms with Gasteiger partial charge in [-0.25, -0.2) is 4.98 Å². The van der Waals surface area contributed by atoms with E-state index in [1.54, 1.807) is 10.9 Å². The summed E-state index contributed by atoms with van der Waals surface area (Å²) in [6, 6.07) is 12.5. The Bertz CT molecular complexity index is 1310. The second-order valence-corrected chi connectivity index (χ2v) is 8.92. The van der Waals surface area contributed by atoms with Crippen molar-refractivity contribution in [1.29, 1.82) is 0 Å². The first-order chi connectivity index (χ1) is 16.7. The number of piperidine rings is 1. The molecule has 2 aliphatic heterocycles. The van der Waals surface area contributed by atoms with Crippen LogP contribution < -0.4 is 9.80 Å². The highest BCUT2D eigenvalue weighted by Crippen LogP contribution is 2.34. The number of benzene rings is 1. The van der Waals surface area contributed by atoms with Crippen molar-refractivity contribution < 1.29 is 9.53 Å². The van der Waals surface area contributed by atoms with Crippen LogP contribution in [0.15, 0.2) is 48.8 Å². The van der Waals surface area contributed by atoms with E-state index in [2.05, 4.69) is 45.3 Å². The summed E-state index contributed by atoms with van der Waals surface area (Å²) in [6.45, 7) is 5.07. The Labute approximate surface area is 197 Å². The number of nitrogens with one attached hydrogen (secondary N) is 1. The number of nitrogens with zero attached hydrogens (tertiary/aromatic N) is 6. The van der Waals surface area contributed by atoms with Crippen LogP contribution in [0, 0.1) is 0 Å². The number of hydrogen-bond donors (Lipinski definition) is 1. The minimum absolute atomic E-state index is 0.203. The monoisotopic (exact) mass is 457 g/mol. The zero-order valence-corrected chi connectivity index (χ0v) is 19.1. The van der Waals surface area contributed by atoms with Gasteiger partial charge in [0.2, 0.25) is 5.91 Å². The highest BCUT2D eigenvalue weighted by molar-refractivity contribution is 5.97. The number of morpholine rings is 1. The summed E-state index contributed by atoms with van der Waals surface area (Å²) in [5, 5.41) is 12.7. The fourth-order valence-electron chi connectivity index (χ4n) is 4.88. The molecule has 0 bridgehead atoms. The van der Waals surface area contributed by atoms with Gasteiger partial charge in [0.15, 0.2) is 11.5 Å². The molecule has 2 fully saturated rings. The van der Waals surface area contributed by atoms with E-state index in [-0.39, 0.29) is 11.9 Å². The van der Waals surface area contributed by atoms with Crippen LogP contribution in [0.1, 0.15) is 26.2 Å². The fourth-order valence-corrected chi connectivity index (χ4v) is 4.88. The molecule has 9 heteroatoms. The van der Waals surface area contributed by atoms with Crippen LogP contribution in [0.4, 0.5) is 11.5 Å². The average Bonchev–Trinajstić information content (AvgIpc) is 3.54. The van der Waals surface area contributed by atoms with Gasteiger partial charge in [-0.15, -0.1) is 0 Å². The lowest BCUT2D eigenvalue weighted by molar-refractivity contribution is -0.119. The molecule has 0 radical (unpaired) electrons. The van der Waals surface area contributed by atoms with E-state index in [1.807, 2.05) is 29.3 Å². The molecule has 1 unspecified atom stereocenters. The van der Waals surface area contributed by atoms with E-state index in [4.69, 9.17) is 9.72 Å². The maximum Gasteiger partial charge on any atom is 0.226 e. The maximum absolute atomic E-state index is 12.4. The van der Waals surface area contributed by atoms with Gasteiger partial charge < -0.3 is 14.5 Å². The Morgan fingerprint density at radius 1 is 1.09 bits per heavy atom. The third kappa shape index (κ3) is 3.62. The molecule has 174 valence electrons. The second-order valence-electron chi connectivity index (χ2n) is 8.92. The number of aromatic amines is 1. The van der Waals surface area contributed by atoms with Gasteiger partial charge in [-0.1, -0.05) is 12.1 Å². The Morgan fingerprint density at radius 3 is 2.74 bits per heavy atom. The van der Waals surface area contributed by atoms with Crippen molar-refractivity contribution in [3.8, 4) is 16.9 Å². The lowest BCUT2D eigenvalue weighted by atomic mass is 10.0. The molecular weight excluding hydrogens is 430 g/mol. The van der Waals surface area contributed by atoms with Crippen molar-refractivity contribution in [2.24, 2.45) is 0 Å². The summed E-state index contributed by atoms with van der Waals surface area (Å²) in [4.78, 5) is 21.6. The van der Waals surface area contributed by atoms with E-state index >= 15 is 0 Å². The number of H-pyrrole nitrogens is 1. The first kappa shape index (κ1) is 20.9. The number of carbonyl (C=O) groups excluding carboxylic acids is 1. The molecule has 0 spiro atoms. The number of fused-ring (bicyclic) bond motifs is 1. The third-order valence-corrected chi connectivity index (χ3v) is 6.71. The van der Waals surface area contributed by atoms with E-state index < -0.39 is 0 Å². The van der Waals surface area contributed by atoms with Crippen molar-refractivity contribution in [2.45, 2.75) is 32.2 Å². The number of anilines is 2. The van der Waals surface area contributed by atoms with Crippen molar-refractivity contribution in [2.75, 3.05) is 36.1 Å². The molecule has 1 aromatic carbocycles. The largest absolute Gasteiger partial charge is 0.377 e. The fraction of sp³-hybridized carbons (Fsp3) is 0.360. The van der Waals surface area contributed by atoms with Gasteiger partial charge in [0.1, 0.15) is 5.82 Å². The SMILES string of the molecule is CC1COCCN1c1cc(-c2ccc(N3CCCCC3=O)cc2)c2cnn(-c3cc[nH]n3)c2n1. The molecule has 3 aromatic heterocycles. The summed E-state index contributed by atoms with van der Waals surface area (Å²) in [6.07, 6.45) is 6.27. The van der Waals surface area contributed by atoms with Crippen LogP contribution in [-0.2, 0) is 9.53 Å². The van der Waals surface area contributed by atoms with Crippen LogP contribution in [0.3, 0.4) is 0 Å². The van der Waals surface area contributed by atoms with E-state index in [0.29, 0.717) is 25.5 Å². The Balaban J connectivity index is 1.46. The van der Waals surface area contributed by atoms with Gasteiger partial charge in [0.05, 0.1) is 25.5 Å². The number of amides is 1. The van der Waals surface area contributed by atoms with Crippen LogP contribution in [-0.4, -0.2) is 63.2 Å². The summed E-state index contributed by atoms with van der Waals surface area (Å²) in [5.74, 6) is 1.79.